The maximum Gasteiger partial charge on any atom is 0.272 e. The Hall–Kier alpha value is -3.32. The first kappa shape index (κ1) is 18.1. The van der Waals surface area contributed by atoms with Crippen molar-refractivity contribution in [2.24, 2.45) is 0 Å². The number of amides is 1. The number of nitrogens with zero attached hydrogens (tertiary/aromatic N) is 4. The molecule has 2 aromatic heterocycles. The fraction of sp³-hybridized carbons (Fsp3) is 0.238. The molecule has 1 aliphatic rings. The standard InChI is InChI=1S/C21H22N6O/c1-15-2-4-16(5-3-15)17-12-24-21(25-13-17)26-18-6-7-19(23-14-18)20(28)27-10-8-22-9-11-27/h2-7,12-14,22H,8-11H2,1H3,(H,24,25,26). The van der Waals surface area contributed by atoms with Gasteiger partial charge in [0.2, 0.25) is 5.95 Å². The molecular weight excluding hydrogens is 352 g/mol. The van der Waals surface area contributed by atoms with Crippen LogP contribution in [0.2, 0.25) is 0 Å². The van der Waals surface area contributed by atoms with E-state index in [2.05, 4.69) is 56.8 Å². The number of aromatic nitrogens is 3. The van der Waals surface area contributed by atoms with Gasteiger partial charge in [0, 0.05) is 44.1 Å². The van der Waals surface area contributed by atoms with Crippen LogP contribution in [0, 0.1) is 6.92 Å². The molecule has 142 valence electrons. The second-order valence-corrected chi connectivity index (χ2v) is 6.76. The Balaban J connectivity index is 1.41. The largest absolute Gasteiger partial charge is 0.335 e. The van der Waals surface area contributed by atoms with Crippen LogP contribution in [0.15, 0.2) is 55.0 Å². The third-order valence-corrected chi connectivity index (χ3v) is 4.68. The molecule has 2 N–H and O–H groups in total. The molecule has 3 heterocycles. The van der Waals surface area contributed by atoms with Gasteiger partial charge in [-0.1, -0.05) is 29.8 Å². The van der Waals surface area contributed by atoms with Gasteiger partial charge in [-0.15, -0.1) is 0 Å². The van der Waals surface area contributed by atoms with E-state index < -0.39 is 0 Å². The van der Waals surface area contributed by atoms with Crippen molar-refractivity contribution in [2.75, 3.05) is 31.5 Å². The zero-order valence-corrected chi connectivity index (χ0v) is 15.7. The van der Waals surface area contributed by atoms with Crippen molar-refractivity contribution in [1.29, 1.82) is 0 Å². The first-order chi connectivity index (χ1) is 13.7. The van der Waals surface area contributed by atoms with Crippen molar-refractivity contribution in [3.63, 3.8) is 0 Å². The Kier molecular flexibility index (Phi) is 5.25. The van der Waals surface area contributed by atoms with Crippen LogP contribution < -0.4 is 10.6 Å². The predicted octanol–water partition coefficient (Wildman–Crippen LogP) is 2.64. The van der Waals surface area contributed by atoms with Crippen molar-refractivity contribution < 1.29 is 4.79 Å². The molecule has 0 spiro atoms. The molecule has 7 heteroatoms. The summed E-state index contributed by atoms with van der Waals surface area (Å²) in [5.74, 6) is 0.450. The first-order valence-electron chi connectivity index (χ1n) is 9.31. The van der Waals surface area contributed by atoms with Crippen molar-refractivity contribution in [3.8, 4) is 11.1 Å². The number of hydrogen-bond acceptors (Lipinski definition) is 6. The molecule has 1 saturated heterocycles. The van der Waals surface area contributed by atoms with Crippen LogP contribution in [0.5, 0.6) is 0 Å². The van der Waals surface area contributed by atoms with Crippen LogP contribution >= 0.6 is 0 Å². The fourth-order valence-corrected chi connectivity index (χ4v) is 3.04. The Bertz CT molecular complexity index is 932. The Morgan fingerprint density at radius 1 is 0.929 bits per heavy atom. The van der Waals surface area contributed by atoms with E-state index in [1.165, 1.54) is 5.56 Å². The fourth-order valence-electron chi connectivity index (χ4n) is 3.04. The molecule has 0 atom stereocenters. The van der Waals surface area contributed by atoms with E-state index in [-0.39, 0.29) is 5.91 Å². The van der Waals surface area contributed by atoms with E-state index in [9.17, 15) is 4.79 Å². The monoisotopic (exact) mass is 374 g/mol. The quantitative estimate of drug-likeness (QED) is 0.731. The summed E-state index contributed by atoms with van der Waals surface area (Å²) in [5, 5.41) is 6.35. The molecule has 28 heavy (non-hydrogen) atoms. The van der Waals surface area contributed by atoms with Crippen LogP contribution in [0.25, 0.3) is 11.1 Å². The van der Waals surface area contributed by atoms with Gasteiger partial charge in [-0.3, -0.25) is 4.79 Å². The summed E-state index contributed by atoms with van der Waals surface area (Å²) in [6.45, 7) is 5.12. The van der Waals surface area contributed by atoms with Gasteiger partial charge < -0.3 is 15.5 Å². The zero-order valence-electron chi connectivity index (χ0n) is 15.7. The summed E-state index contributed by atoms with van der Waals surface area (Å²) >= 11 is 0. The molecule has 0 bridgehead atoms. The number of aryl methyl sites for hydroxylation is 1. The molecule has 3 aromatic rings. The molecule has 0 saturated carbocycles. The number of pyridine rings is 1. The molecule has 1 aliphatic heterocycles. The maximum absolute atomic E-state index is 12.5. The maximum atomic E-state index is 12.5. The van der Waals surface area contributed by atoms with Gasteiger partial charge in [0.15, 0.2) is 0 Å². The predicted molar refractivity (Wildman–Crippen MR) is 108 cm³/mol. The molecule has 0 unspecified atom stereocenters. The van der Waals surface area contributed by atoms with Crippen molar-refractivity contribution in [1.82, 2.24) is 25.2 Å². The lowest BCUT2D eigenvalue weighted by atomic mass is 10.1. The highest BCUT2D eigenvalue weighted by Gasteiger charge is 2.18. The lowest BCUT2D eigenvalue weighted by Crippen LogP contribution is -2.46. The summed E-state index contributed by atoms with van der Waals surface area (Å²) in [7, 11) is 0. The second kappa shape index (κ2) is 8.14. The van der Waals surface area contributed by atoms with E-state index in [1.54, 1.807) is 24.7 Å². The van der Waals surface area contributed by atoms with Gasteiger partial charge in [-0.05, 0) is 24.6 Å². The zero-order chi connectivity index (χ0) is 19.3. The van der Waals surface area contributed by atoms with Gasteiger partial charge in [0.1, 0.15) is 5.69 Å². The van der Waals surface area contributed by atoms with Crippen molar-refractivity contribution in [2.45, 2.75) is 6.92 Å². The lowest BCUT2D eigenvalue weighted by Gasteiger charge is -2.27. The molecule has 1 aromatic carbocycles. The second-order valence-electron chi connectivity index (χ2n) is 6.76. The average molecular weight is 374 g/mol. The van der Waals surface area contributed by atoms with E-state index in [0.29, 0.717) is 24.7 Å². The smallest absolute Gasteiger partial charge is 0.272 e. The Labute approximate surface area is 163 Å². The summed E-state index contributed by atoms with van der Waals surface area (Å²) in [6.07, 6.45) is 5.21. The molecular formula is C21H22N6O. The normalized spacial score (nSPS) is 14.0. The average Bonchev–Trinajstić information content (AvgIpc) is 2.76. The molecule has 4 rings (SSSR count). The number of hydrogen-bond donors (Lipinski definition) is 2. The minimum atomic E-state index is -0.0354. The van der Waals surface area contributed by atoms with E-state index in [1.807, 2.05) is 11.0 Å². The van der Waals surface area contributed by atoms with Crippen LogP contribution in [0.1, 0.15) is 16.1 Å². The van der Waals surface area contributed by atoms with Crippen molar-refractivity contribution >= 4 is 17.5 Å². The molecule has 0 radical (unpaired) electrons. The summed E-state index contributed by atoms with van der Waals surface area (Å²) in [5.41, 5.74) is 4.44. The van der Waals surface area contributed by atoms with E-state index in [4.69, 9.17) is 0 Å². The summed E-state index contributed by atoms with van der Waals surface area (Å²) in [6, 6.07) is 11.8. The van der Waals surface area contributed by atoms with Gasteiger partial charge in [-0.25, -0.2) is 15.0 Å². The number of nitrogens with one attached hydrogen (secondary N) is 2. The molecule has 1 fully saturated rings. The molecule has 1 amide bonds. The highest BCUT2D eigenvalue weighted by atomic mass is 16.2. The number of rotatable bonds is 4. The number of carbonyl (C=O) groups excluding carboxylic acids is 1. The van der Waals surface area contributed by atoms with Crippen LogP contribution in [-0.4, -0.2) is 51.9 Å². The van der Waals surface area contributed by atoms with Crippen LogP contribution in [0.4, 0.5) is 11.6 Å². The SMILES string of the molecule is Cc1ccc(-c2cnc(Nc3ccc(C(=O)N4CCNCC4)nc3)nc2)cc1. The Morgan fingerprint density at radius 3 is 2.29 bits per heavy atom. The minimum absolute atomic E-state index is 0.0354. The van der Waals surface area contributed by atoms with Gasteiger partial charge in [0.05, 0.1) is 11.9 Å². The number of piperazine rings is 1. The van der Waals surface area contributed by atoms with Crippen molar-refractivity contribution in [3.05, 3.63) is 66.2 Å². The third kappa shape index (κ3) is 4.15. The number of carbonyl (C=O) groups is 1. The van der Waals surface area contributed by atoms with E-state index >= 15 is 0 Å². The highest BCUT2D eigenvalue weighted by Crippen LogP contribution is 2.20. The highest BCUT2D eigenvalue weighted by molar-refractivity contribution is 5.92. The van der Waals surface area contributed by atoms with Gasteiger partial charge in [-0.2, -0.15) is 0 Å². The first-order valence-corrected chi connectivity index (χ1v) is 9.31. The number of anilines is 2. The summed E-state index contributed by atoms with van der Waals surface area (Å²) < 4.78 is 0. The third-order valence-electron chi connectivity index (χ3n) is 4.68. The molecule has 7 nitrogen and oxygen atoms in total. The van der Waals surface area contributed by atoms with Gasteiger partial charge >= 0.3 is 0 Å². The van der Waals surface area contributed by atoms with Gasteiger partial charge in [0.25, 0.3) is 5.91 Å². The minimum Gasteiger partial charge on any atom is -0.335 e. The van der Waals surface area contributed by atoms with Crippen LogP contribution in [0.3, 0.4) is 0 Å². The summed E-state index contributed by atoms with van der Waals surface area (Å²) in [4.78, 5) is 27.3. The van der Waals surface area contributed by atoms with Crippen LogP contribution in [-0.2, 0) is 0 Å². The molecule has 0 aliphatic carbocycles. The lowest BCUT2D eigenvalue weighted by molar-refractivity contribution is 0.0730. The van der Waals surface area contributed by atoms with E-state index in [0.717, 1.165) is 29.9 Å². The number of benzene rings is 1. The topological polar surface area (TPSA) is 83.0 Å². The Morgan fingerprint density at radius 2 is 1.64 bits per heavy atom.